The molecule has 0 aliphatic carbocycles. The van der Waals surface area contributed by atoms with Crippen LogP contribution in [0.1, 0.15) is 10.4 Å². The molecule has 2 rings (SSSR count). The van der Waals surface area contributed by atoms with Crippen molar-refractivity contribution in [3.05, 3.63) is 52.8 Å². The predicted molar refractivity (Wildman–Crippen MR) is 72.5 cm³/mol. The first kappa shape index (κ1) is 13.2. The Kier molecular flexibility index (Phi) is 3.57. The minimum absolute atomic E-state index is 0.0238. The highest BCUT2D eigenvalue weighted by Crippen LogP contribution is 2.27. The predicted octanol–water partition coefficient (Wildman–Crippen LogP) is 3.50. The number of hydrogen-bond donors (Lipinski definition) is 3. The number of aromatic carboxylic acids is 1. The summed E-state index contributed by atoms with van der Waals surface area (Å²) in [7, 11) is 0. The summed E-state index contributed by atoms with van der Waals surface area (Å²) >= 11 is 5.87. The quantitative estimate of drug-likeness (QED) is 0.752. The summed E-state index contributed by atoms with van der Waals surface area (Å²) < 4.78 is 12.9. The van der Waals surface area contributed by atoms with E-state index in [4.69, 9.17) is 22.4 Å². The summed E-state index contributed by atoms with van der Waals surface area (Å²) in [5.74, 6) is -1.53. The van der Waals surface area contributed by atoms with Crippen LogP contribution >= 0.6 is 11.6 Å². The highest BCUT2D eigenvalue weighted by atomic mass is 35.5. The van der Waals surface area contributed by atoms with Crippen LogP contribution in [0.2, 0.25) is 5.02 Å². The molecule has 19 heavy (non-hydrogen) atoms. The molecule has 0 aliphatic heterocycles. The van der Waals surface area contributed by atoms with Crippen molar-refractivity contribution in [2.75, 3.05) is 11.1 Å². The van der Waals surface area contributed by atoms with Gasteiger partial charge in [0, 0.05) is 11.4 Å². The smallest absolute Gasteiger partial charge is 0.337 e. The standard InChI is InChI=1S/C13H10ClFN2O2/c14-10-5-7(15)1-4-12(10)17-8-2-3-9(13(18)19)11(16)6-8/h1-6,17H,16H2,(H,18,19). The number of halogens is 2. The van der Waals surface area contributed by atoms with Crippen molar-refractivity contribution in [3.63, 3.8) is 0 Å². The van der Waals surface area contributed by atoms with Crippen molar-refractivity contribution in [2.45, 2.75) is 0 Å². The third kappa shape index (κ3) is 2.95. The molecule has 0 atom stereocenters. The Bertz CT molecular complexity index is 647. The Labute approximate surface area is 113 Å². The van der Waals surface area contributed by atoms with Crippen LogP contribution in [0.15, 0.2) is 36.4 Å². The maximum atomic E-state index is 12.9. The van der Waals surface area contributed by atoms with Crippen LogP contribution in [0, 0.1) is 5.82 Å². The molecule has 4 nitrogen and oxygen atoms in total. The van der Waals surface area contributed by atoms with Crippen molar-refractivity contribution in [3.8, 4) is 0 Å². The van der Waals surface area contributed by atoms with E-state index in [2.05, 4.69) is 5.32 Å². The summed E-state index contributed by atoms with van der Waals surface area (Å²) in [6, 6.07) is 8.35. The highest BCUT2D eigenvalue weighted by molar-refractivity contribution is 6.33. The van der Waals surface area contributed by atoms with Crippen molar-refractivity contribution >= 4 is 34.6 Å². The van der Waals surface area contributed by atoms with Crippen molar-refractivity contribution in [1.29, 1.82) is 0 Å². The maximum Gasteiger partial charge on any atom is 0.337 e. The SMILES string of the molecule is Nc1cc(Nc2ccc(F)cc2Cl)ccc1C(=O)O. The van der Waals surface area contributed by atoms with Crippen LogP contribution in [0.4, 0.5) is 21.5 Å². The van der Waals surface area contributed by atoms with Gasteiger partial charge in [-0.3, -0.25) is 0 Å². The van der Waals surface area contributed by atoms with Gasteiger partial charge in [0.05, 0.1) is 16.3 Å². The number of anilines is 3. The topological polar surface area (TPSA) is 75.3 Å². The molecule has 0 radical (unpaired) electrons. The van der Waals surface area contributed by atoms with E-state index in [1.54, 1.807) is 6.07 Å². The lowest BCUT2D eigenvalue weighted by Crippen LogP contribution is -2.03. The molecule has 0 spiro atoms. The van der Waals surface area contributed by atoms with E-state index in [1.807, 2.05) is 0 Å². The van der Waals surface area contributed by atoms with E-state index < -0.39 is 11.8 Å². The fraction of sp³-hybridized carbons (Fsp3) is 0. The Morgan fingerprint density at radius 1 is 1.26 bits per heavy atom. The number of nitrogens with two attached hydrogens (primary N) is 1. The largest absolute Gasteiger partial charge is 0.478 e. The summed E-state index contributed by atoms with van der Waals surface area (Å²) in [4.78, 5) is 10.8. The zero-order valence-corrected chi connectivity index (χ0v) is 10.4. The van der Waals surface area contributed by atoms with Crippen molar-refractivity contribution in [2.24, 2.45) is 0 Å². The Morgan fingerprint density at radius 3 is 2.58 bits per heavy atom. The van der Waals surface area contributed by atoms with E-state index in [0.717, 1.165) is 0 Å². The number of carbonyl (C=O) groups is 1. The van der Waals surface area contributed by atoms with E-state index in [9.17, 15) is 9.18 Å². The molecule has 0 fully saturated rings. The molecule has 2 aromatic rings. The average molecular weight is 281 g/mol. The van der Waals surface area contributed by atoms with Gasteiger partial charge in [-0.05, 0) is 36.4 Å². The van der Waals surface area contributed by atoms with E-state index in [-0.39, 0.29) is 16.3 Å². The van der Waals surface area contributed by atoms with Gasteiger partial charge in [-0.2, -0.15) is 0 Å². The normalized spacial score (nSPS) is 10.2. The van der Waals surface area contributed by atoms with Gasteiger partial charge < -0.3 is 16.2 Å². The van der Waals surface area contributed by atoms with Crippen LogP contribution in [-0.4, -0.2) is 11.1 Å². The van der Waals surface area contributed by atoms with Gasteiger partial charge in [0.2, 0.25) is 0 Å². The molecule has 0 amide bonds. The molecule has 0 saturated carbocycles. The van der Waals surface area contributed by atoms with Crippen LogP contribution in [-0.2, 0) is 0 Å². The van der Waals surface area contributed by atoms with Gasteiger partial charge in [-0.25, -0.2) is 9.18 Å². The number of carboxylic acids is 1. The summed E-state index contributed by atoms with van der Waals surface area (Å²) in [5, 5.41) is 12.0. The zero-order chi connectivity index (χ0) is 14.0. The maximum absolute atomic E-state index is 12.9. The number of nitrogen functional groups attached to an aromatic ring is 1. The second-order valence-corrected chi connectivity index (χ2v) is 4.26. The van der Waals surface area contributed by atoms with Gasteiger partial charge in [-0.1, -0.05) is 11.6 Å². The first-order valence-electron chi connectivity index (χ1n) is 5.32. The second-order valence-electron chi connectivity index (χ2n) is 3.86. The molecule has 0 saturated heterocycles. The number of carboxylic acid groups (broad SMARTS) is 1. The molecular weight excluding hydrogens is 271 g/mol. The minimum Gasteiger partial charge on any atom is -0.478 e. The first-order chi connectivity index (χ1) is 8.97. The molecule has 0 aliphatic rings. The van der Waals surface area contributed by atoms with Gasteiger partial charge in [0.15, 0.2) is 0 Å². The van der Waals surface area contributed by atoms with E-state index >= 15 is 0 Å². The molecule has 0 bridgehead atoms. The molecule has 6 heteroatoms. The molecular formula is C13H10ClFN2O2. The fourth-order valence-electron chi connectivity index (χ4n) is 1.58. The van der Waals surface area contributed by atoms with Crippen molar-refractivity contribution in [1.82, 2.24) is 0 Å². The van der Waals surface area contributed by atoms with Gasteiger partial charge in [0.1, 0.15) is 5.82 Å². The number of hydrogen-bond acceptors (Lipinski definition) is 3. The third-order valence-electron chi connectivity index (χ3n) is 2.49. The molecule has 0 heterocycles. The van der Waals surface area contributed by atoms with Crippen LogP contribution < -0.4 is 11.1 Å². The fourth-order valence-corrected chi connectivity index (χ4v) is 1.80. The van der Waals surface area contributed by atoms with Gasteiger partial charge in [0.25, 0.3) is 0 Å². The average Bonchev–Trinajstić information content (AvgIpc) is 2.32. The first-order valence-corrected chi connectivity index (χ1v) is 5.70. The Balaban J connectivity index is 2.29. The number of nitrogens with one attached hydrogen (secondary N) is 1. The monoisotopic (exact) mass is 280 g/mol. The zero-order valence-electron chi connectivity index (χ0n) is 9.65. The third-order valence-corrected chi connectivity index (χ3v) is 2.80. The minimum atomic E-state index is -1.09. The van der Waals surface area contributed by atoms with E-state index in [1.165, 1.54) is 30.3 Å². The highest BCUT2D eigenvalue weighted by Gasteiger charge is 2.09. The molecule has 98 valence electrons. The summed E-state index contributed by atoms with van der Waals surface area (Å²) in [5.41, 5.74) is 6.85. The lowest BCUT2D eigenvalue weighted by molar-refractivity contribution is 0.0698. The Morgan fingerprint density at radius 2 is 2.00 bits per heavy atom. The van der Waals surface area contributed by atoms with Crippen LogP contribution in [0.3, 0.4) is 0 Å². The molecule has 0 aromatic heterocycles. The van der Waals surface area contributed by atoms with Gasteiger partial charge >= 0.3 is 5.97 Å². The lowest BCUT2D eigenvalue weighted by Gasteiger charge is -2.10. The van der Waals surface area contributed by atoms with Crippen LogP contribution in [0.25, 0.3) is 0 Å². The number of benzene rings is 2. The van der Waals surface area contributed by atoms with Crippen LogP contribution in [0.5, 0.6) is 0 Å². The summed E-state index contributed by atoms with van der Waals surface area (Å²) in [6.07, 6.45) is 0. The molecule has 4 N–H and O–H groups in total. The molecule has 0 unspecified atom stereocenters. The Hall–Kier alpha value is -2.27. The van der Waals surface area contributed by atoms with Gasteiger partial charge in [-0.15, -0.1) is 0 Å². The van der Waals surface area contributed by atoms with Crippen molar-refractivity contribution < 1.29 is 14.3 Å². The lowest BCUT2D eigenvalue weighted by atomic mass is 10.1. The number of rotatable bonds is 3. The molecule has 2 aromatic carbocycles. The summed E-state index contributed by atoms with van der Waals surface area (Å²) in [6.45, 7) is 0. The second kappa shape index (κ2) is 5.16. The van der Waals surface area contributed by atoms with E-state index in [0.29, 0.717) is 11.4 Å².